The number of hydrogen-bond acceptors (Lipinski definition) is 4. The average Bonchev–Trinajstić information content (AvgIpc) is 3.08. The molecule has 22 heavy (non-hydrogen) atoms. The molecule has 0 aliphatic carbocycles. The molecule has 0 N–H and O–H groups in total. The van der Waals surface area contributed by atoms with Crippen molar-refractivity contribution in [1.29, 1.82) is 0 Å². The van der Waals surface area contributed by atoms with Crippen LogP contribution >= 0.6 is 0 Å². The van der Waals surface area contributed by atoms with E-state index in [0.717, 1.165) is 29.6 Å². The van der Waals surface area contributed by atoms with Crippen LogP contribution in [-0.2, 0) is 11.3 Å². The van der Waals surface area contributed by atoms with E-state index in [0.29, 0.717) is 12.2 Å². The molecule has 2 aromatic rings. The molecule has 2 aliphatic rings. The monoisotopic (exact) mass is 296 g/mol. The van der Waals surface area contributed by atoms with Crippen molar-refractivity contribution in [2.24, 2.45) is 0 Å². The van der Waals surface area contributed by atoms with Gasteiger partial charge in [-0.15, -0.1) is 0 Å². The Kier molecular flexibility index (Phi) is 2.85. The summed E-state index contributed by atoms with van der Waals surface area (Å²) in [6, 6.07) is 7.15. The van der Waals surface area contributed by atoms with Crippen molar-refractivity contribution in [3.05, 3.63) is 35.7 Å². The molecule has 112 valence electrons. The number of nitrogens with zero attached hydrogens (tertiary/aromatic N) is 4. The Morgan fingerprint density at radius 3 is 2.64 bits per heavy atom. The fourth-order valence-electron chi connectivity index (χ4n) is 3.25. The third-order valence-corrected chi connectivity index (χ3v) is 4.43. The first kappa shape index (κ1) is 13.2. The highest BCUT2D eigenvalue weighted by Gasteiger charge is 2.47. The lowest BCUT2D eigenvalue weighted by atomic mass is 10.2. The lowest BCUT2D eigenvalue weighted by Gasteiger charge is -2.16. The van der Waals surface area contributed by atoms with Crippen LogP contribution in [0.25, 0.3) is 11.0 Å². The molecular formula is C16H16N4O2. The number of rotatable bonds is 2. The number of urea groups is 1. The van der Waals surface area contributed by atoms with Gasteiger partial charge in [-0.2, -0.15) is 0 Å². The minimum Gasteiger partial charge on any atom is -0.312 e. The number of fused-ring (bicyclic) bond motifs is 2. The maximum absolute atomic E-state index is 12.4. The fraction of sp³-hybridized carbons (Fsp3) is 0.375. The smallest absolute Gasteiger partial charge is 0.312 e. The standard InChI is InChI=1S/C16H16N4O2/c1-10-13(18-12-6-3-2-5-11(12)17-10)9-20-15(21)14-7-4-8-19(14)16(20)22/h2-3,5-6,14H,4,7-9H2,1H3. The van der Waals surface area contributed by atoms with Gasteiger partial charge in [0, 0.05) is 6.54 Å². The summed E-state index contributed by atoms with van der Waals surface area (Å²) in [5.41, 5.74) is 3.04. The summed E-state index contributed by atoms with van der Waals surface area (Å²) < 4.78 is 0. The second-order valence-electron chi connectivity index (χ2n) is 5.80. The zero-order valence-electron chi connectivity index (χ0n) is 12.3. The molecule has 0 spiro atoms. The number of amides is 3. The lowest BCUT2D eigenvalue weighted by molar-refractivity contribution is -0.128. The number of hydrogen-bond donors (Lipinski definition) is 0. The van der Waals surface area contributed by atoms with Crippen molar-refractivity contribution in [1.82, 2.24) is 19.8 Å². The van der Waals surface area contributed by atoms with Gasteiger partial charge in [0.25, 0.3) is 5.91 Å². The topological polar surface area (TPSA) is 66.4 Å². The number of aromatic nitrogens is 2. The summed E-state index contributed by atoms with van der Waals surface area (Å²) in [4.78, 5) is 36.8. The van der Waals surface area contributed by atoms with Crippen LogP contribution in [0.5, 0.6) is 0 Å². The molecule has 3 heterocycles. The van der Waals surface area contributed by atoms with Gasteiger partial charge in [-0.25, -0.2) is 14.8 Å². The molecular weight excluding hydrogens is 280 g/mol. The Morgan fingerprint density at radius 1 is 1.18 bits per heavy atom. The van der Waals surface area contributed by atoms with Crippen LogP contribution in [0.3, 0.4) is 0 Å². The van der Waals surface area contributed by atoms with Gasteiger partial charge in [0.1, 0.15) is 6.04 Å². The van der Waals surface area contributed by atoms with Crippen molar-refractivity contribution < 1.29 is 9.59 Å². The molecule has 6 heteroatoms. The maximum atomic E-state index is 12.4. The second kappa shape index (κ2) is 4.76. The molecule has 0 bridgehead atoms. The lowest BCUT2D eigenvalue weighted by Crippen LogP contribution is -2.33. The second-order valence-corrected chi connectivity index (χ2v) is 5.80. The largest absolute Gasteiger partial charge is 0.327 e. The number of carbonyl (C=O) groups excluding carboxylic acids is 2. The van der Waals surface area contributed by atoms with Gasteiger partial charge < -0.3 is 4.90 Å². The maximum Gasteiger partial charge on any atom is 0.327 e. The first-order chi connectivity index (χ1) is 10.6. The van der Waals surface area contributed by atoms with Gasteiger partial charge in [0.15, 0.2) is 0 Å². The Bertz CT molecular complexity index is 767. The highest BCUT2D eigenvalue weighted by Crippen LogP contribution is 2.28. The van der Waals surface area contributed by atoms with Gasteiger partial charge in [-0.05, 0) is 31.9 Å². The molecule has 1 aromatic carbocycles. The molecule has 2 aliphatic heterocycles. The minimum atomic E-state index is -0.263. The molecule has 3 amide bonds. The van der Waals surface area contributed by atoms with Gasteiger partial charge in [-0.1, -0.05) is 12.1 Å². The zero-order valence-corrected chi connectivity index (χ0v) is 12.3. The van der Waals surface area contributed by atoms with Crippen LogP contribution in [-0.4, -0.2) is 44.3 Å². The van der Waals surface area contributed by atoms with Crippen molar-refractivity contribution in [2.75, 3.05) is 6.54 Å². The number of carbonyl (C=O) groups is 2. The van der Waals surface area contributed by atoms with Gasteiger partial charge in [-0.3, -0.25) is 9.69 Å². The number of aryl methyl sites for hydroxylation is 1. The highest BCUT2D eigenvalue weighted by molar-refractivity contribution is 6.04. The predicted octanol–water partition coefficient (Wildman–Crippen LogP) is 1.86. The van der Waals surface area contributed by atoms with E-state index in [9.17, 15) is 9.59 Å². The van der Waals surface area contributed by atoms with Gasteiger partial charge in [0.2, 0.25) is 0 Å². The van der Waals surface area contributed by atoms with E-state index in [1.54, 1.807) is 4.90 Å². The molecule has 0 radical (unpaired) electrons. The predicted molar refractivity (Wildman–Crippen MR) is 79.9 cm³/mol. The Morgan fingerprint density at radius 2 is 1.91 bits per heavy atom. The normalized spacial score (nSPS) is 21.0. The number of benzene rings is 1. The quantitative estimate of drug-likeness (QED) is 0.793. The number of imide groups is 1. The third kappa shape index (κ3) is 1.87. The summed E-state index contributed by atoms with van der Waals surface area (Å²) in [5, 5.41) is 0. The summed E-state index contributed by atoms with van der Waals surface area (Å²) in [6.45, 7) is 2.74. The first-order valence-corrected chi connectivity index (χ1v) is 7.49. The molecule has 1 atom stereocenters. The van der Waals surface area contributed by atoms with E-state index in [1.165, 1.54) is 4.90 Å². The van der Waals surface area contributed by atoms with Crippen molar-refractivity contribution in [3.8, 4) is 0 Å². The molecule has 1 aromatic heterocycles. The summed E-state index contributed by atoms with van der Waals surface area (Å²) in [5.74, 6) is -0.100. The van der Waals surface area contributed by atoms with E-state index >= 15 is 0 Å². The average molecular weight is 296 g/mol. The SMILES string of the molecule is Cc1nc2ccccc2nc1CN1C(=O)C2CCCN2C1=O. The van der Waals surface area contributed by atoms with Crippen LogP contribution in [0.2, 0.25) is 0 Å². The Labute approximate surface area is 127 Å². The van der Waals surface area contributed by atoms with E-state index in [-0.39, 0.29) is 24.5 Å². The fourth-order valence-corrected chi connectivity index (χ4v) is 3.25. The molecule has 6 nitrogen and oxygen atoms in total. The minimum absolute atomic E-state index is 0.100. The Balaban J connectivity index is 1.67. The molecule has 4 rings (SSSR count). The van der Waals surface area contributed by atoms with Crippen LogP contribution in [0.1, 0.15) is 24.2 Å². The highest BCUT2D eigenvalue weighted by atomic mass is 16.2. The van der Waals surface area contributed by atoms with E-state index in [2.05, 4.69) is 9.97 Å². The number of para-hydroxylation sites is 2. The summed E-state index contributed by atoms with van der Waals surface area (Å²) in [7, 11) is 0. The van der Waals surface area contributed by atoms with Crippen LogP contribution < -0.4 is 0 Å². The first-order valence-electron chi connectivity index (χ1n) is 7.49. The zero-order chi connectivity index (χ0) is 15.3. The molecule has 0 saturated carbocycles. The molecule has 1 unspecified atom stereocenters. The summed E-state index contributed by atoms with van der Waals surface area (Å²) >= 11 is 0. The van der Waals surface area contributed by atoms with Gasteiger partial charge >= 0.3 is 6.03 Å². The van der Waals surface area contributed by atoms with Crippen LogP contribution in [0.15, 0.2) is 24.3 Å². The third-order valence-electron chi connectivity index (χ3n) is 4.43. The molecule has 2 fully saturated rings. The van der Waals surface area contributed by atoms with E-state index < -0.39 is 0 Å². The van der Waals surface area contributed by atoms with E-state index in [4.69, 9.17) is 0 Å². The van der Waals surface area contributed by atoms with Gasteiger partial charge in [0.05, 0.1) is 29.0 Å². The summed E-state index contributed by atoms with van der Waals surface area (Å²) in [6.07, 6.45) is 1.67. The van der Waals surface area contributed by atoms with E-state index in [1.807, 2.05) is 31.2 Å². The van der Waals surface area contributed by atoms with Crippen LogP contribution in [0.4, 0.5) is 4.79 Å². The molecule has 2 saturated heterocycles. The van der Waals surface area contributed by atoms with Crippen molar-refractivity contribution in [3.63, 3.8) is 0 Å². The van der Waals surface area contributed by atoms with Crippen molar-refractivity contribution >= 4 is 23.0 Å². The van der Waals surface area contributed by atoms with Crippen LogP contribution in [0, 0.1) is 6.92 Å². The Hall–Kier alpha value is -2.50. The van der Waals surface area contributed by atoms with Crippen molar-refractivity contribution in [2.45, 2.75) is 32.4 Å².